The largest absolute Gasteiger partial charge is 0.310 e. The Hall–Kier alpha value is -0.910. The van der Waals surface area contributed by atoms with Crippen LogP contribution in [-0.4, -0.2) is 33.4 Å². The Morgan fingerprint density at radius 2 is 1.81 bits per heavy atom. The molecule has 0 heterocycles. The van der Waals surface area contributed by atoms with Crippen LogP contribution in [0.25, 0.3) is 0 Å². The van der Waals surface area contributed by atoms with Crippen LogP contribution in [0.4, 0.5) is 0 Å². The van der Waals surface area contributed by atoms with Gasteiger partial charge in [-0.05, 0) is 49.3 Å². The van der Waals surface area contributed by atoms with Crippen LogP contribution >= 0.6 is 0 Å². The Morgan fingerprint density at radius 3 is 2.24 bits per heavy atom. The van der Waals surface area contributed by atoms with E-state index in [0.29, 0.717) is 10.3 Å². The molecule has 5 heteroatoms. The molecule has 118 valence electrons. The lowest BCUT2D eigenvalue weighted by molar-refractivity contribution is 0.415. The molecule has 1 unspecified atom stereocenters. The summed E-state index contributed by atoms with van der Waals surface area (Å²) >= 11 is 0. The quantitative estimate of drug-likeness (QED) is 0.842. The molecule has 1 N–H and O–H groups in total. The highest BCUT2D eigenvalue weighted by molar-refractivity contribution is 7.89. The summed E-state index contributed by atoms with van der Waals surface area (Å²) in [5.41, 5.74) is 1.64. The van der Waals surface area contributed by atoms with Gasteiger partial charge in [0.15, 0.2) is 0 Å². The summed E-state index contributed by atoms with van der Waals surface area (Å²) in [6.07, 6.45) is 3.87. The fraction of sp³-hybridized carbons (Fsp3) is 0.625. The van der Waals surface area contributed by atoms with Crippen molar-refractivity contribution in [1.82, 2.24) is 9.62 Å². The zero-order valence-corrected chi connectivity index (χ0v) is 14.2. The van der Waals surface area contributed by atoms with Crippen molar-refractivity contribution in [1.29, 1.82) is 0 Å². The van der Waals surface area contributed by atoms with Crippen molar-refractivity contribution in [3.63, 3.8) is 0 Å². The third-order valence-corrected chi connectivity index (χ3v) is 6.48. The summed E-state index contributed by atoms with van der Waals surface area (Å²) in [5.74, 6) is 0. The first kappa shape index (κ1) is 16.5. The molecule has 2 rings (SSSR count). The van der Waals surface area contributed by atoms with Gasteiger partial charge < -0.3 is 5.32 Å². The highest BCUT2D eigenvalue weighted by atomic mass is 32.2. The summed E-state index contributed by atoms with van der Waals surface area (Å²) in [7, 11) is -0.238. The number of benzene rings is 1. The van der Waals surface area contributed by atoms with Gasteiger partial charge in [0, 0.05) is 26.7 Å². The zero-order valence-electron chi connectivity index (χ0n) is 13.4. The van der Waals surface area contributed by atoms with E-state index in [-0.39, 0.29) is 6.04 Å². The summed E-state index contributed by atoms with van der Waals surface area (Å²) in [6, 6.07) is 7.43. The highest BCUT2D eigenvalue weighted by Gasteiger charge is 2.40. The third kappa shape index (κ3) is 3.65. The van der Waals surface area contributed by atoms with E-state index in [1.807, 2.05) is 12.1 Å². The number of nitrogens with one attached hydrogen (secondary N) is 1. The van der Waals surface area contributed by atoms with E-state index < -0.39 is 10.0 Å². The first-order valence-corrected chi connectivity index (χ1v) is 9.01. The molecule has 21 heavy (non-hydrogen) atoms. The van der Waals surface area contributed by atoms with E-state index in [4.69, 9.17) is 0 Å². The molecule has 1 aromatic carbocycles. The fourth-order valence-electron chi connectivity index (χ4n) is 2.46. The second-order valence-corrected chi connectivity index (χ2v) is 8.46. The average Bonchev–Trinajstić information content (AvgIpc) is 3.25. The van der Waals surface area contributed by atoms with Crippen LogP contribution in [0.5, 0.6) is 0 Å². The molecule has 1 aliphatic rings. The summed E-state index contributed by atoms with van der Waals surface area (Å²) in [4.78, 5) is 0.343. The second kappa shape index (κ2) is 6.07. The Labute approximate surface area is 128 Å². The monoisotopic (exact) mass is 310 g/mol. The summed E-state index contributed by atoms with van der Waals surface area (Å²) < 4.78 is 25.3. The second-order valence-electron chi connectivity index (χ2n) is 6.31. The van der Waals surface area contributed by atoms with Gasteiger partial charge in [-0.3, -0.25) is 0 Å². The molecule has 1 fully saturated rings. The lowest BCUT2D eigenvalue weighted by atomic mass is 10.0. The van der Waals surface area contributed by atoms with Gasteiger partial charge in [0.1, 0.15) is 0 Å². The average molecular weight is 310 g/mol. The molecule has 0 saturated heterocycles. The van der Waals surface area contributed by atoms with Crippen molar-refractivity contribution < 1.29 is 8.42 Å². The van der Waals surface area contributed by atoms with Crippen LogP contribution < -0.4 is 5.32 Å². The molecular formula is C16H26N2O2S. The van der Waals surface area contributed by atoms with Gasteiger partial charge in [-0.25, -0.2) is 12.7 Å². The molecule has 1 saturated carbocycles. The van der Waals surface area contributed by atoms with Gasteiger partial charge >= 0.3 is 0 Å². The highest BCUT2D eigenvalue weighted by Crippen LogP contribution is 2.48. The zero-order chi connectivity index (χ0) is 15.7. The minimum absolute atomic E-state index is 0.241. The van der Waals surface area contributed by atoms with Crippen LogP contribution in [0.3, 0.4) is 0 Å². The topological polar surface area (TPSA) is 49.4 Å². The van der Waals surface area contributed by atoms with E-state index >= 15 is 0 Å². The molecule has 0 radical (unpaired) electrons. The molecule has 1 aromatic rings. The SMILES string of the molecule is CCC1(CNC(C)c2ccc(S(=O)(=O)N(C)C)cc2)CC1. The van der Waals surface area contributed by atoms with Gasteiger partial charge in [0.25, 0.3) is 0 Å². The predicted molar refractivity (Wildman–Crippen MR) is 85.7 cm³/mol. The normalized spacial score (nSPS) is 18.7. The van der Waals surface area contributed by atoms with Crippen molar-refractivity contribution in [2.75, 3.05) is 20.6 Å². The third-order valence-electron chi connectivity index (χ3n) is 4.65. The Bertz CT molecular complexity index is 575. The molecule has 1 atom stereocenters. The van der Waals surface area contributed by atoms with Gasteiger partial charge in [-0.15, -0.1) is 0 Å². The number of rotatable bonds is 7. The van der Waals surface area contributed by atoms with Crippen LogP contribution in [0.2, 0.25) is 0 Å². The van der Waals surface area contributed by atoms with E-state index in [0.717, 1.165) is 12.1 Å². The fourth-order valence-corrected chi connectivity index (χ4v) is 3.36. The number of hydrogen-bond acceptors (Lipinski definition) is 3. The van der Waals surface area contributed by atoms with Gasteiger partial charge in [0.05, 0.1) is 4.90 Å². The van der Waals surface area contributed by atoms with E-state index in [1.165, 1.54) is 23.6 Å². The Balaban J connectivity index is 2.01. The van der Waals surface area contributed by atoms with Crippen LogP contribution in [0, 0.1) is 5.41 Å². The minimum Gasteiger partial charge on any atom is -0.310 e. The minimum atomic E-state index is -3.34. The molecule has 1 aliphatic carbocycles. The molecular weight excluding hydrogens is 284 g/mol. The van der Waals surface area contributed by atoms with Gasteiger partial charge in [-0.2, -0.15) is 0 Å². The lowest BCUT2D eigenvalue weighted by Gasteiger charge is -2.19. The predicted octanol–water partition coefficient (Wildman–Crippen LogP) is 2.78. The smallest absolute Gasteiger partial charge is 0.242 e. The Kier molecular flexibility index (Phi) is 4.76. The van der Waals surface area contributed by atoms with E-state index in [1.54, 1.807) is 26.2 Å². The van der Waals surface area contributed by atoms with E-state index in [9.17, 15) is 8.42 Å². The molecule has 0 bridgehead atoms. The first-order chi connectivity index (χ1) is 9.81. The number of nitrogens with zero attached hydrogens (tertiary/aromatic N) is 1. The molecule has 4 nitrogen and oxygen atoms in total. The summed E-state index contributed by atoms with van der Waals surface area (Å²) in [5, 5.41) is 3.57. The first-order valence-electron chi connectivity index (χ1n) is 7.57. The van der Waals surface area contributed by atoms with Crippen molar-refractivity contribution in [2.24, 2.45) is 5.41 Å². The molecule has 0 spiro atoms. The van der Waals surface area contributed by atoms with Crippen molar-refractivity contribution in [3.8, 4) is 0 Å². The van der Waals surface area contributed by atoms with Gasteiger partial charge in [-0.1, -0.05) is 19.1 Å². The van der Waals surface area contributed by atoms with Crippen LogP contribution in [-0.2, 0) is 10.0 Å². The molecule has 0 amide bonds. The van der Waals surface area contributed by atoms with Crippen molar-refractivity contribution in [3.05, 3.63) is 29.8 Å². The lowest BCUT2D eigenvalue weighted by Crippen LogP contribution is -2.26. The van der Waals surface area contributed by atoms with E-state index in [2.05, 4.69) is 19.2 Å². The maximum Gasteiger partial charge on any atom is 0.242 e. The van der Waals surface area contributed by atoms with Gasteiger partial charge in [0.2, 0.25) is 10.0 Å². The van der Waals surface area contributed by atoms with Crippen molar-refractivity contribution in [2.45, 2.75) is 44.0 Å². The Morgan fingerprint density at radius 1 is 1.24 bits per heavy atom. The number of hydrogen-bond donors (Lipinski definition) is 1. The standard InChI is InChI=1S/C16H26N2O2S/c1-5-16(10-11-16)12-17-13(2)14-6-8-15(9-7-14)21(19,20)18(3)4/h6-9,13,17H,5,10-12H2,1-4H3. The molecule has 0 aliphatic heterocycles. The van der Waals surface area contributed by atoms with Crippen LogP contribution in [0.1, 0.15) is 44.7 Å². The number of sulfonamides is 1. The summed E-state index contributed by atoms with van der Waals surface area (Å²) in [6.45, 7) is 5.42. The maximum atomic E-state index is 12.0. The van der Waals surface area contributed by atoms with Crippen LogP contribution in [0.15, 0.2) is 29.2 Å². The van der Waals surface area contributed by atoms with Crippen molar-refractivity contribution >= 4 is 10.0 Å². The molecule has 0 aromatic heterocycles. The maximum absolute atomic E-state index is 12.0.